The highest BCUT2D eigenvalue weighted by molar-refractivity contribution is 6.74. The van der Waals surface area contributed by atoms with E-state index in [0.717, 1.165) is 12.8 Å². The number of hydrogen-bond donors (Lipinski definition) is 2. The molecule has 1 amide bonds. The summed E-state index contributed by atoms with van der Waals surface area (Å²) in [6.45, 7) is 15.4. The van der Waals surface area contributed by atoms with Gasteiger partial charge < -0.3 is 14.8 Å². The van der Waals surface area contributed by atoms with E-state index < -0.39 is 8.32 Å². The van der Waals surface area contributed by atoms with Crippen molar-refractivity contribution in [1.29, 1.82) is 0 Å². The van der Waals surface area contributed by atoms with Gasteiger partial charge in [0.15, 0.2) is 8.32 Å². The van der Waals surface area contributed by atoms with E-state index >= 15 is 0 Å². The van der Waals surface area contributed by atoms with E-state index in [4.69, 9.17) is 9.53 Å². The molecule has 0 aromatic rings. The van der Waals surface area contributed by atoms with Gasteiger partial charge >= 0.3 is 0 Å². The molecule has 0 radical (unpaired) electrons. The van der Waals surface area contributed by atoms with Crippen molar-refractivity contribution in [3.05, 3.63) is 0 Å². The molecule has 0 spiro atoms. The summed E-state index contributed by atoms with van der Waals surface area (Å²) in [6, 6.07) is 0. The average molecular weight is 304 g/mol. The van der Waals surface area contributed by atoms with Crippen molar-refractivity contribution in [3.8, 4) is 0 Å². The number of rotatable bonds is 8. The van der Waals surface area contributed by atoms with E-state index in [1.54, 1.807) is 0 Å². The zero-order chi connectivity index (χ0) is 16.0. The maximum atomic E-state index is 12.1. The van der Waals surface area contributed by atoms with Crippen molar-refractivity contribution >= 4 is 14.2 Å². The first-order chi connectivity index (χ1) is 9.06. The maximum Gasteiger partial charge on any atom is 0.225 e. The molecule has 0 saturated carbocycles. The lowest BCUT2D eigenvalue weighted by Gasteiger charge is -2.40. The maximum absolute atomic E-state index is 12.1. The van der Waals surface area contributed by atoms with Crippen molar-refractivity contribution in [2.45, 2.75) is 71.7 Å². The first kappa shape index (κ1) is 19.6. The molecule has 4 nitrogen and oxygen atoms in total. The minimum Gasteiger partial charge on any atom is -0.413 e. The lowest BCUT2D eigenvalue weighted by Crippen LogP contribution is -2.48. The first-order valence-corrected chi connectivity index (χ1v) is 10.5. The van der Waals surface area contributed by atoms with E-state index in [1.807, 2.05) is 6.92 Å². The van der Waals surface area contributed by atoms with Gasteiger partial charge in [0.2, 0.25) is 5.91 Å². The van der Waals surface area contributed by atoms with Gasteiger partial charge in [-0.15, -0.1) is 0 Å². The normalized spacial score (nSPS) is 15.8. The van der Waals surface area contributed by atoms with Gasteiger partial charge in [-0.05, 0) is 24.6 Å². The third-order valence-electron chi connectivity index (χ3n) is 4.21. The monoisotopic (exact) mass is 303 g/mol. The van der Waals surface area contributed by atoms with Crippen molar-refractivity contribution in [2.75, 3.05) is 13.2 Å². The molecule has 0 saturated heterocycles. The van der Waals surface area contributed by atoms with Crippen LogP contribution in [0.4, 0.5) is 0 Å². The van der Waals surface area contributed by atoms with Gasteiger partial charge in [-0.1, -0.05) is 41.0 Å². The molecule has 0 aliphatic carbocycles. The Morgan fingerprint density at radius 1 is 1.35 bits per heavy atom. The van der Waals surface area contributed by atoms with Crippen LogP contribution < -0.4 is 5.32 Å². The zero-order valence-corrected chi connectivity index (χ0v) is 15.2. The van der Waals surface area contributed by atoms with Crippen molar-refractivity contribution in [2.24, 2.45) is 5.92 Å². The molecule has 2 N–H and O–H groups in total. The van der Waals surface area contributed by atoms with Crippen LogP contribution in [0, 0.1) is 5.92 Å². The predicted molar refractivity (Wildman–Crippen MR) is 86.2 cm³/mol. The van der Waals surface area contributed by atoms with Crippen LogP contribution in [0.25, 0.3) is 0 Å². The van der Waals surface area contributed by atoms with Crippen LogP contribution in [0.5, 0.6) is 0 Å². The highest BCUT2D eigenvalue weighted by Gasteiger charge is 2.40. The second-order valence-corrected chi connectivity index (χ2v) is 11.8. The summed E-state index contributed by atoms with van der Waals surface area (Å²) in [7, 11) is -1.87. The SMILES string of the molecule is CCC[C@H](O[Si](C)(C)C(C)(C)C)[C@@H](C)C(=O)NCCO. The van der Waals surface area contributed by atoms with Crippen LogP contribution in [0.1, 0.15) is 47.5 Å². The fraction of sp³-hybridized carbons (Fsp3) is 0.933. The fourth-order valence-electron chi connectivity index (χ4n) is 1.76. The summed E-state index contributed by atoms with van der Waals surface area (Å²) >= 11 is 0. The highest BCUT2D eigenvalue weighted by Crippen LogP contribution is 2.38. The van der Waals surface area contributed by atoms with Gasteiger partial charge in [-0.2, -0.15) is 0 Å². The van der Waals surface area contributed by atoms with E-state index in [0.29, 0.717) is 6.54 Å². The smallest absolute Gasteiger partial charge is 0.225 e. The Labute approximate surface area is 125 Å². The first-order valence-electron chi connectivity index (χ1n) is 7.63. The molecule has 0 rings (SSSR count). The number of aliphatic hydroxyl groups excluding tert-OH is 1. The summed E-state index contributed by atoms with van der Waals surface area (Å²) in [5.74, 6) is -0.216. The van der Waals surface area contributed by atoms with Gasteiger partial charge in [0.05, 0.1) is 18.6 Å². The van der Waals surface area contributed by atoms with Crippen LogP contribution in [0.2, 0.25) is 18.1 Å². The van der Waals surface area contributed by atoms with Crippen molar-refractivity contribution in [1.82, 2.24) is 5.32 Å². The molecule has 20 heavy (non-hydrogen) atoms. The topological polar surface area (TPSA) is 58.6 Å². The van der Waals surface area contributed by atoms with E-state index in [-0.39, 0.29) is 29.6 Å². The molecule has 0 unspecified atom stereocenters. The van der Waals surface area contributed by atoms with Gasteiger partial charge in [-0.25, -0.2) is 0 Å². The molecule has 0 fully saturated rings. The zero-order valence-electron chi connectivity index (χ0n) is 14.2. The van der Waals surface area contributed by atoms with Crippen LogP contribution >= 0.6 is 0 Å². The number of carbonyl (C=O) groups excluding carboxylic acids is 1. The van der Waals surface area contributed by atoms with Crippen LogP contribution in [0.3, 0.4) is 0 Å². The molecule has 0 heterocycles. The van der Waals surface area contributed by atoms with Gasteiger partial charge in [0.1, 0.15) is 0 Å². The lowest BCUT2D eigenvalue weighted by molar-refractivity contribution is -0.127. The summed E-state index contributed by atoms with van der Waals surface area (Å²) in [5.41, 5.74) is 0. The second kappa shape index (κ2) is 8.15. The Bertz CT molecular complexity index is 300. The van der Waals surface area contributed by atoms with Crippen molar-refractivity contribution in [3.63, 3.8) is 0 Å². The molecule has 0 aliphatic heterocycles. The molecule has 2 atom stereocenters. The van der Waals surface area contributed by atoms with Gasteiger partial charge in [-0.3, -0.25) is 4.79 Å². The quantitative estimate of drug-likeness (QED) is 0.678. The summed E-state index contributed by atoms with van der Waals surface area (Å²) in [5, 5.41) is 11.7. The number of carbonyl (C=O) groups is 1. The van der Waals surface area contributed by atoms with E-state index in [9.17, 15) is 4.79 Å². The Hall–Kier alpha value is -0.393. The molecule has 120 valence electrons. The van der Waals surface area contributed by atoms with E-state index in [2.05, 4.69) is 46.1 Å². The van der Waals surface area contributed by atoms with Crippen LogP contribution in [-0.4, -0.2) is 38.6 Å². The molecule has 0 aromatic carbocycles. The van der Waals surface area contributed by atoms with Gasteiger partial charge in [0, 0.05) is 6.54 Å². The Kier molecular flexibility index (Phi) is 7.99. The number of hydrogen-bond acceptors (Lipinski definition) is 3. The molecular weight excluding hydrogens is 270 g/mol. The minimum atomic E-state index is -1.87. The third kappa shape index (κ3) is 5.93. The lowest BCUT2D eigenvalue weighted by atomic mass is 10.00. The largest absolute Gasteiger partial charge is 0.413 e. The Balaban J connectivity index is 4.84. The summed E-state index contributed by atoms with van der Waals surface area (Å²) < 4.78 is 6.42. The standard InChI is InChI=1S/C15H33NO3Si/c1-8-9-13(12(2)14(18)16-10-11-17)19-20(6,7)15(3,4)5/h12-13,17H,8-11H2,1-7H3,(H,16,18)/t12-,13+/m1/s1. The van der Waals surface area contributed by atoms with Crippen LogP contribution in [0.15, 0.2) is 0 Å². The van der Waals surface area contributed by atoms with Gasteiger partial charge in [0.25, 0.3) is 0 Å². The minimum absolute atomic E-state index is 0.0278. The molecular formula is C15H33NO3Si. The molecule has 5 heteroatoms. The number of nitrogens with one attached hydrogen (secondary N) is 1. The average Bonchev–Trinajstić information content (AvgIpc) is 2.32. The summed E-state index contributed by atoms with van der Waals surface area (Å²) in [6.07, 6.45) is 1.84. The fourth-order valence-corrected chi connectivity index (χ4v) is 3.19. The Morgan fingerprint density at radius 2 is 1.90 bits per heavy atom. The molecule has 0 aromatic heterocycles. The Morgan fingerprint density at radius 3 is 2.30 bits per heavy atom. The predicted octanol–water partition coefficient (Wildman–Crippen LogP) is 2.92. The summed E-state index contributed by atoms with van der Waals surface area (Å²) in [4.78, 5) is 12.1. The number of aliphatic hydroxyl groups is 1. The van der Waals surface area contributed by atoms with Crippen molar-refractivity contribution < 1.29 is 14.3 Å². The number of amides is 1. The van der Waals surface area contributed by atoms with E-state index in [1.165, 1.54) is 0 Å². The molecule has 0 aliphatic rings. The highest BCUT2D eigenvalue weighted by atomic mass is 28.4. The third-order valence-corrected chi connectivity index (χ3v) is 8.71. The second-order valence-electron chi connectivity index (χ2n) is 7.01. The van der Waals surface area contributed by atoms with Crippen LogP contribution in [-0.2, 0) is 9.22 Å². The molecule has 0 bridgehead atoms.